The Morgan fingerprint density at radius 3 is 2.40 bits per heavy atom. The minimum atomic E-state index is -4.03. The molecule has 1 heterocycles. The van der Waals surface area contributed by atoms with Crippen molar-refractivity contribution in [2.24, 2.45) is 0 Å². The van der Waals surface area contributed by atoms with Gasteiger partial charge in [-0.3, -0.25) is 4.79 Å². The monoisotopic (exact) mass is 440 g/mol. The number of rotatable bonds is 6. The molecule has 0 bridgehead atoms. The third-order valence-electron chi connectivity index (χ3n) is 5.94. The molecule has 7 nitrogen and oxygen atoms in total. The summed E-state index contributed by atoms with van der Waals surface area (Å²) in [5.74, 6) is -2.07. The predicted molar refractivity (Wildman–Crippen MR) is 109 cm³/mol. The number of hydrogen-bond acceptors (Lipinski definition) is 5. The normalized spacial score (nSPS) is 18.7. The zero-order chi connectivity index (χ0) is 21.7. The predicted octanol–water partition coefficient (Wildman–Crippen LogP) is 2.95. The Morgan fingerprint density at radius 2 is 1.73 bits per heavy atom. The van der Waals surface area contributed by atoms with E-state index in [9.17, 15) is 22.4 Å². The molecule has 9 heteroatoms. The first-order valence-electron chi connectivity index (χ1n) is 10.5. The molecule has 1 aliphatic carbocycles. The Hall–Kier alpha value is -2.00. The molecular formula is C21H29FN2O5S. The molecule has 1 amide bonds. The summed E-state index contributed by atoms with van der Waals surface area (Å²) in [4.78, 5) is 25.8. The summed E-state index contributed by atoms with van der Waals surface area (Å²) in [6, 6.07) is 3.26. The van der Waals surface area contributed by atoms with Crippen LogP contribution in [0.3, 0.4) is 0 Å². The van der Waals surface area contributed by atoms with Gasteiger partial charge in [0.15, 0.2) is 6.61 Å². The van der Waals surface area contributed by atoms with Crippen LogP contribution in [0.2, 0.25) is 0 Å². The quantitative estimate of drug-likeness (QED) is 0.635. The zero-order valence-electron chi connectivity index (χ0n) is 17.3. The van der Waals surface area contributed by atoms with E-state index in [0.29, 0.717) is 13.1 Å². The molecular weight excluding hydrogens is 411 g/mol. The largest absolute Gasteiger partial charge is 0.452 e. The van der Waals surface area contributed by atoms with Crippen molar-refractivity contribution in [3.05, 3.63) is 29.6 Å². The Morgan fingerprint density at radius 1 is 1.10 bits per heavy atom. The summed E-state index contributed by atoms with van der Waals surface area (Å²) < 4.78 is 46.2. The number of hydrogen-bond donors (Lipinski definition) is 0. The van der Waals surface area contributed by atoms with Gasteiger partial charge in [0.1, 0.15) is 10.7 Å². The number of esters is 1. The van der Waals surface area contributed by atoms with Crippen molar-refractivity contribution in [2.75, 3.05) is 26.7 Å². The van der Waals surface area contributed by atoms with Gasteiger partial charge in [-0.2, -0.15) is 4.31 Å². The highest BCUT2D eigenvalue weighted by atomic mass is 32.2. The summed E-state index contributed by atoms with van der Waals surface area (Å²) in [5, 5.41) is 0. The second-order valence-corrected chi connectivity index (χ2v) is 9.89. The number of ether oxygens (including phenoxy) is 1. The van der Waals surface area contributed by atoms with Gasteiger partial charge >= 0.3 is 5.97 Å². The van der Waals surface area contributed by atoms with Gasteiger partial charge in [-0.15, -0.1) is 0 Å². The van der Waals surface area contributed by atoms with Gasteiger partial charge < -0.3 is 9.64 Å². The smallest absolute Gasteiger partial charge is 0.338 e. The van der Waals surface area contributed by atoms with Gasteiger partial charge in [0.25, 0.3) is 5.91 Å². The molecule has 0 N–H and O–H groups in total. The van der Waals surface area contributed by atoms with Gasteiger partial charge in [0, 0.05) is 26.2 Å². The Balaban J connectivity index is 1.66. The molecule has 0 radical (unpaired) electrons. The molecule has 1 aliphatic heterocycles. The van der Waals surface area contributed by atoms with Gasteiger partial charge in [-0.1, -0.05) is 25.7 Å². The molecule has 30 heavy (non-hydrogen) atoms. The molecule has 1 saturated carbocycles. The summed E-state index contributed by atoms with van der Waals surface area (Å²) in [7, 11) is -2.33. The van der Waals surface area contributed by atoms with Crippen LogP contribution in [-0.2, 0) is 19.6 Å². The van der Waals surface area contributed by atoms with Gasteiger partial charge in [-0.05, 0) is 43.9 Å². The average Bonchev–Trinajstić information content (AvgIpc) is 2.78. The lowest BCUT2D eigenvalue weighted by atomic mass is 9.94. The van der Waals surface area contributed by atoms with E-state index >= 15 is 0 Å². The summed E-state index contributed by atoms with van der Waals surface area (Å²) in [5.41, 5.74) is -0.0971. The van der Waals surface area contributed by atoms with Crippen LogP contribution in [0.15, 0.2) is 23.1 Å². The molecule has 2 aliphatic rings. The molecule has 0 unspecified atom stereocenters. The van der Waals surface area contributed by atoms with E-state index in [1.807, 2.05) is 0 Å². The van der Waals surface area contributed by atoms with E-state index in [-0.39, 0.29) is 17.5 Å². The van der Waals surface area contributed by atoms with Gasteiger partial charge in [0.05, 0.1) is 5.56 Å². The number of carbonyl (C=O) groups excluding carboxylic acids is 2. The third-order valence-corrected chi connectivity index (χ3v) is 7.86. The minimum absolute atomic E-state index is 0.0971. The standard InChI is InChI=1S/C21H29FN2O5S/c1-23(17-8-4-2-5-9-17)20(25)15-29-21(26)16-10-11-18(22)19(14-16)30(27,28)24-12-6-3-7-13-24/h10-11,14,17H,2-9,12-13,15H2,1H3. The minimum Gasteiger partial charge on any atom is -0.452 e. The molecule has 0 aromatic heterocycles. The Bertz CT molecular complexity index is 877. The first kappa shape index (κ1) is 22.7. The Labute approximate surface area is 177 Å². The number of carbonyl (C=O) groups is 2. The summed E-state index contributed by atoms with van der Waals surface area (Å²) >= 11 is 0. The van der Waals surface area contributed by atoms with Crippen molar-refractivity contribution in [1.29, 1.82) is 0 Å². The molecule has 166 valence electrons. The summed E-state index contributed by atoms with van der Waals surface area (Å²) in [6.07, 6.45) is 7.57. The van der Waals surface area contributed by atoms with Crippen molar-refractivity contribution in [3.63, 3.8) is 0 Å². The number of sulfonamides is 1. The zero-order valence-corrected chi connectivity index (χ0v) is 18.1. The lowest BCUT2D eigenvalue weighted by molar-refractivity contribution is -0.135. The number of halogens is 1. The van der Waals surface area contributed by atoms with E-state index in [1.54, 1.807) is 11.9 Å². The maximum Gasteiger partial charge on any atom is 0.338 e. The van der Waals surface area contributed by atoms with Crippen LogP contribution in [0.1, 0.15) is 61.7 Å². The fourth-order valence-electron chi connectivity index (χ4n) is 4.06. The SMILES string of the molecule is CN(C(=O)COC(=O)c1ccc(F)c(S(=O)(=O)N2CCCCC2)c1)C1CCCCC1. The maximum atomic E-state index is 14.3. The van der Waals surface area contributed by atoms with Crippen molar-refractivity contribution in [3.8, 4) is 0 Å². The maximum absolute atomic E-state index is 14.3. The van der Waals surface area contributed by atoms with Crippen molar-refractivity contribution >= 4 is 21.9 Å². The van der Waals surface area contributed by atoms with Crippen LogP contribution in [0, 0.1) is 5.82 Å². The van der Waals surface area contributed by atoms with Crippen LogP contribution in [0.4, 0.5) is 4.39 Å². The number of likely N-dealkylation sites (N-methyl/N-ethyl adjacent to an activating group) is 1. The molecule has 0 spiro atoms. The Kier molecular flexibility index (Phi) is 7.46. The molecule has 1 aromatic carbocycles. The second kappa shape index (κ2) is 9.87. The van der Waals surface area contributed by atoms with E-state index in [0.717, 1.165) is 57.1 Å². The van der Waals surface area contributed by atoms with Crippen LogP contribution >= 0.6 is 0 Å². The van der Waals surface area contributed by atoms with Crippen molar-refractivity contribution in [1.82, 2.24) is 9.21 Å². The highest BCUT2D eigenvalue weighted by Gasteiger charge is 2.30. The second-order valence-electron chi connectivity index (χ2n) is 7.98. The van der Waals surface area contributed by atoms with E-state index < -0.39 is 33.3 Å². The first-order chi connectivity index (χ1) is 14.3. The third kappa shape index (κ3) is 5.18. The van der Waals surface area contributed by atoms with Crippen LogP contribution in [-0.4, -0.2) is 62.3 Å². The molecule has 3 rings (SSSR count). The summed E-state index contributed by atoms with van der Waals surface area (Å²) in [6.45, 7) is 0.230. The lowest BCUT2D eigenvalue weighted by Crippen LogP contribution is -2.40. The van der Waals surface area contributed by atoms with Gasteiger partial charge in [0.2, 0.25) is 10.0 Å². The van der Waals surface area contributed by atoms with Crippen LogP contribution in [0.5, 0.6) is 0 Å². The lowest BCUT2D eigenvalue weighted by Gasteiger charge is -2.31. The fraction of sp³-hybridized carbons (Fsp3) is 0.619. The first-order valence-corrected chi connectivity index (χ1v) is 12.0. The molecule has 2 fully saturated rings. The van der Waals surface area contributed by atoms with Crippen molar-refractivity contribution in [2.45, 2.75) is 62.3 Å². The number of amides is 1. The van der Waals surface area contributed by atoms with E-state index in [4.69, 9.17) is 4.74 Å². The van der Waals surface area contributed by atoms with Crippen LogP contribution in [0.25, 0.3) is 0 Å². The highest BCUT2D eigenvalue weighted by Crippen LogP contribution is 2.25. The molecule has 1 aromatic rings. The average molecular weight is 441 g/mol. The topological polar surface area (TPSA) is 84.0 Å². The van der Waals surface area contributed by atoms with Crippen molar-refractivity contribution < 1.29 is 27.1 Å². The molecule has 1 saturated heterocycles. The van der Waals surface area contributed by atoms with E-state index in [2.05, 4.69) is 0 Å². The van der Waals surface area contributed by atoms with Crippen LogP contribution < -0.4 is 0 Å². The number of nitrogens with zero attached hydrogens (tertiary/aromatic N) is 2. The fourth-order valence-corrected chi connectivity index (χ4v) is 5.66. The van der Waals surface area contributed by atoms with Gasteiger partial charge in [-0.25, -0.2) is 17.6 Å². The molecule has 0 atom stereocenters. The highest BCUT2D eigenvalue weighted by molar-refractivity contribution is 7.89. The number of piperidine rings is 1. The number of benzene rings is 1. The van der Waals surface area contributed by atoms with E-state index in [1.165, 1.54) is 16.8 Å².